The Labute approximate surface area is 132 Å². The summed E-state index contributed by atoms with van der Waals surface area (Å²) in [5, 5.41) is 21.5. The van der Waals surface area contributed by atoms with E-state index >= 15 is 0 Å². The van der Waals surface area contributed by atoms with Crippen LogP contribution in [0.25, 0.3) is 10.9 Å². The average molecular weight is 310 g/mol. The highest BCUT2D eigenvalue weighted by atomic mass is 19.1. The third kappa shape index (κ3) is 2.29. The number of nitrogens with zero attached hydrogens (tertiary/aromatic N) is 2. The van der Waals surface area contributed by atoms with Crippen molar-refractivity contribution in [1.29, 1.82) is 0 Å². The first-order valence-corrected chi connectivity index (χ1v) is 7.40. The summed E-state index contributed by atoms with van der Waals surface area (Å²) in [6.45, 7) is 1.69. The second-order valence-electron chi connectivity index (χ2n) is 5.83. The number of phenolic OH excluding ortho intramolecular Hbond substituents is 2. The molecule has 1 aliphatic rings. The summed E-state index contributed by atoms with van der Waals surface area (Å²) < 4.78 is 13.0. The van der Waals surface area contributed by atoms with E-state index < -0.39 is 0 Å². The third-order valence-electron chi connectivity index (χ3n) is 4.31. The Morgan fingerprint density at radius 2 is 1.70 bits per heavy atom. The first-order valence-electron chi connectivity index (χ1n) is 7.40. The zero-order valence-corrected chi connectivity index (χ0v) is 12.3. The van der Waals surface area contributed by atoms with E-state index in [4.69, 9.17) is 0 Å². The van der Waals surface area contributed by atoms with Crippen molar-refractivity contribution in [2.45, 2.75) is 19.6 Å². The van der Waals surface area contributed by atoms with E-state index in [2.05, 4.69) is 9.88 Å². The molecule has 4 nitrogen and oxygen atoms in total. The molecule has 0 spiro atoms. The lowest BCUT2D eigenvalue weighted by Gasteiger charge is -2.14. The maximum Gasteiger partial charge on any atom is 0.146 e. The maximum atomic E-state index is 13.0. The van der Waals surface area contributed by atoms with Crippen molar-refractivity contribution in [3.8, 4) is 11.5 Å². The number of rotatable bonds is 2. The molecule has 0 amide bonds. The summed E-state index contributed by atoms with van der Waals surface area (Å²) >= 11 is 0. The average Bonchev–Trinajstić information content (AvgIpc) is 2.99. The van der Waals surface area contributed by atoms with Crippen molar-refractivity contribution in [3.05, 3.63) is 65.1 Å². The number of hydrogen-bond donors (Lipinski definition) is 2. The van der Waals surface area contributed by atoms with Gasteiger partial charge in [0.2, 0.25) is 0 Å². The molecule has 4 rings (SSSR count). The number of hydrogen-bond acceptors (Lipinski definition) is 4. The second kappa shape index (κ2) is 5.21. The number of aromatic hydroxyl groups is 2. The monoisotopic (exact) mass is 310 g/mol. The molecular weight excluding hydrogens is 295 g/mol. The van der Waals surface area contributed by atoms with Crippen LogP contribution >= 0.6 is 0 Å². The van der Waals surface area contributed by atoms with Crippen molar-refractivity contribution in [2.75, 3.05) is 0 Å². The first-order chi connectivity index (χ1) is 11.1. The van der Waals surface area contributed by atoms with Crippen LogP contribution in [-0.2, 0) is 19.6 Å². The number of benzene rings is 2. The molecule has 0 bridgehead atoms. The molecule has 3 aromatic rings. The molecule has 0 atom stereocenters. The van der Waals surface area contributed by atoms with E-state index in [0.717, 1.165) is 16.7 Å². The molecule has 2 N–H and O–H groups in total. The minimum Gasteiger partial charge on any atom is -0.507 e. The van der Waals surface area contributed by atoms with Crippen molar-refractivity contribution >= 4 is 10.9 Å². The van der Waals surface area contributed by atoms with Crippen LogP contribution in [0.2, 0.25) is 0 Å². The van der Waals surface area contributed by atoms with Crippen molar-refractivity contribution in [2.24, 2.45) is 0 Å². The van der Waals surface area contributed by atoms with Gasteiger partial charge in [-0.3, -0.25) is 9.88 Å². The van der Waals surface area contributed by atoms with Gasteiger partial charge in [0.1, 0.15) is 22.8 Å². The molecule has 0 aliphatic carbocycles. The van der Waals surface area contributed by atoms with Gasteiger partial charge in [0, 0.05) is 42.3 Å². The smallest absolute Gasteiger partial charge is 0.146 e. The molecule has 0 saturated carbocycles. The van der Waals surface area contributed by atoms with Crippen molar-refractivity contribution < 1.29 is 14.6 Å². The Hall–Kier alpha value is -2.66. The molecule has 0 fully saturated rings. The largest absolute Gasteiger partial charge is 0.507 e. The van der Waals surface area contributed by atoms with Gasteiger partial charge in [0.05, 0.1) is 0 Å². The SMILES string of the molecule is Oc1c2c(c(O)c3ncccc13)CN(Cc1ccc(F)cc1)C2. The summed E-state index contributed by atoms with van der Waals surface area (Å²) in [6, 6.07) is 9.85. The van der Waals surface area contributed by atoms with Crippen LogP contribution in [0.15, 0.2) is 42.6 Å². The fraction of sp³-hybridized carbons (Fsp3) is 0.167. The van der Waals surface area contributed by atoms with E-state index in [0.29, 0.717) is 30.5 Å². The Morgan fingerprint density at radius 1 is 1.00 bits per heavy atom. The first kappa shape index (κ1) is 14.0. The van der Waals surface area contributed by atoms with Gasteiger partial charge in [0.25, 0.3) is 0 Å². The van der Waals surface area contributed by atoms with Crippen LogP contribution in [0.4, 0.5) is 4.39 Å². The highest BCUT2D eigenvalue weighted by Crippen LogP contribution is 2.43. The standard InChI is InChI=1S/C18H15FN2O2/c19-12-5-3-11(4-6-12)8-21-9-14-15(10-21)18(23)16-13(17(14)22)2-1-7-20-16/h1-7,22-23H,8-10H2. The Kier molecular flexibility index (Phi) is 3.16. The van der Waals surface area contributed by atoms with Crippen molar-refractivity contribution in [3.63, 3.8) is 0 Å². The predicted molar refractivity (Wildman–Crippen MR) is 84.4 cm³/mol. The number of aromatic nitrogens is 1. The van der Waals surface area contributed by atoms with Crippen LogP contribution in [-0.4, -0.2) is 20.1 Å². The molecule has 0 unspecified atom stereocenters. The molecule has 2 heterocycles. The zero-order chi connectivity index (χ0) is 16.0. The van der Waals surface area contributed by atoms with Gasteiger partial charge < -0.3 is 10.2 Å². The van der Waals surface area contributed by atoms with E-state index in [1.807, 2.05) is 0 Å². The summed E-state index contributed by atoms with van der Waals surface area (Å²) in [5.74, 6) is 0.0589. The normalized spacial score (nSPS) is 14.3. The van der Waals surface area contributed by atoms with Gasteiger partial charge >= 0.3 is 0 Å². The summed E-state index contributed by atoms with van der Waals surface area (Å²) in [7, 11) is 0. The van der Waals surface area contributed by atoms with E-state index in [1.165, 1.54) is 12.1 Å². The van der Waals surface area contributed by atoms with Gasteiger partial charge in [0.15, 0.2) is 0 Å². The van der Waals surface area contributed by atoms with Gasteiger partial charge in [-0.2, -0.15) is 0 Å². The maximum absolute atomic E-state index is 13.0. The molecule has 116 valence electrons. The summed E-state index contributed by atoms with van der Waals surface area (Å²) in [4.78, 5) is 6.26. The van der Waals surface area contributed by atoms with Gasteiger partial charge in [-0.15, -0.1) is 0 Å². The molecule has 23 heavy (non-hydrogen) atoms. The van der Waals surface area contributed by atoms with Crippen LogP contribution < -0.4 is 0 Å². The van der Waals surface area contributed by atoms with E-state index in [1.54, 1.807) is 30.5 Å². The highest BCUT2D eigenvalue weighted by Gasteiger charge is 2.28. The van der Waals surface area contributed by atoms with Crippen LogP contribution in [0.3, 0.4) is 0 Å². The quantitative estimate of drug-likeness (QED) is 0.713. The zero-order valence-electron chi connectivity index (χ0n) is 12.3. The topological polar surface area (TPSA) is 56.6 Å². The molecule has 0 radical (unpaired) electrons. The molecule has 1 aliphatic heterocycles. The lowest BCUT2D eigenvalue weighted by molar-refractivity contribution is 0.272. The van der Waals surface area contributed by atoms with Crippen LogP contribution in [0, 0.1) is 5.82 Å². The van der Waals surface area contributed by atoms with Crippen LogP contribution in [0.5, 0.6) is 11.5 Å². The Morgan fingerprint density at radius 3 is 2.43 bits per heavy atom. The molecular formula is C18H15FN2O2. The fourth-order valence-corrected chi connectivity index (χ4v) is 3.18. The minimum atomic E-state index is -0.258. The minimum absolute atomic E-state index is 0.134. The fourth-order valence-electron chi connectivity index (χ4n) is 3.18. The predicted octanol–water partition coefficient (Wildman–Crippen LogP) is 3.30. The van der Waals surface area contributed by atoms with Crippen LogP contribution in [0.1, 0.15) is 16.7 Å². The highest BCUT2D eigenvalue weighted by molar-refractivity contribution is 5.92. The molecule has 0 saturated heterocycles. The van der Waals surface area contributed by atoms with Gasteiger partial charge in [-0.1, -0.05) is 12.1 Å². The Balaban J connectivity index is 1.69. The second-order valence-corrected chi connectivity index (χ2v) is 5.83. The Bertz CT molecular complexity index is 843. The lowest BCUT2D eigenvalue weighted by atomic mass is 10.0. The number of fused-ring (bicyclic) bond motifs is 2. The molecule has 1 aromatic heterocycles. The van der Waals surface area contributed by atoms with Gasteiger partial charge in [-0.25, -0.2) is 4.39 Å². The van der Waals surface area contributed by atoms with E-state index in [-0.39, 0.29) is 17.3 Å². The molecule has 5 heteroatoms. The number of pyridine rings is 1. The number of halogens is 1. The summed E-state index contributed by atoms with van der Waals surface area (Å²) in [5.41, 5.74) is 2.87. The van der Waals surface area contributed by atoms with Gasteiger partial charge in [-0.05, 0) is 29.8 Å². The van der Waals surface area contributed by atoms with E-state index in [9.17, 15) is 14.6 Å². The lowest BCUT2D eigenvalue weighted by Crippen LogP contribution is -2.15. The summed E-state index contributed by atoms with van der Waals surface area (Å²) in [6.07, 6.45) is 1.60. The third-order valence-corrected chi connectivity index (χ3v) is 4.31. The number of phenols is 2. The molecule has 2 aromatic carbocycles. The van der Waals surface area contributed by atoms with Crippen molar-refractivity contribution in [1.82, 2.24) is 9.88 Å².